The Bertz CT molecular complexity index is 277. The third kappa shape index (κ3) is 2.27. The van der Waals surface area contributed by atoms with E-state index in [0.29, 0.717) is 11.6 Å². The average Bonchev–Trinajstić information content (AvgIpc) is 1.98. The second-order valence-electron chi connectivity index (χ2n) is 1.97. The molecule has 0 aliphatic carbocycles. The molecule has 0 atom stereocenters. The third-order valence-corrected chi connectivity index (χ3v) is 1.96. The van der Waals surface area contributed by atoms with E-state index in [1.807, 2.05) is 0 Å². The third-order valence-electron chi connectivity index (χ3n) is 1.18. The van der Waals surface area contributed by atoms with E-state index < -0.39 is 0 Å². The summed E-state index contributed by atoms with van der Waals surface area (Å²) in [5, 5.41) is 0.389. The van der Waals surface area contributed by atoms with Crippen LogP contribution in [0.1, 0.15) is 5.56 Å². The number of pyridine rings is 1. The van der Waals surface area contributed by atoms with Crippen LogP contribution in [-0.2, 0) is 11.2 Å². The minimum atomic E-state index is 0.311. The normalized spacial score (nSPS) is 9.64. The molecule has 0 spiro atoms. The van der Waals surface area contributed by atoms with Crippen molar-refractivity contribution in [3.63, 3.8) is 0 Å². The zero-order chi connectivity index (χ0) is 8.27. The lowest BCUT2D eigenvalue weighted by molar-refractivity contribution is -0.107. The second kappa shape index (κ2) is 3.83. The van der Waals surface area contributed by atoms with Crippen LogP contribution in [0.25, 0.3) is 0 Å². The van der Waals surface area contributed by atoms with Crippen molar-refractivity contribution >= 4 is 33.8 Å². The maximum Gasteiger partial charge on any atom is 0.132 e. The molecule has 0 saturated carbocycles. The lowest BCUT2D eigenvalue weighted by atomic mass is 10.2. The number of halogens is 2. The fourth-order valence-corrected chi connectivity index (χ4v) is 1.26. The van der Waals surface area contributed by atoms with Crippen LogP contribution in [0.5, 0.6) is 0 Å². The van der Waals surface area contributed by atoms with Crippen molar-refractivity contribution in [2.75, 3.05) is 0 Å². The molecule has 0 N–H and O–H groups in total. The molecule has 0 radical (unpaired) electrons. The molecule has 0 aliphatic rings. The molecule has 0 fully saturated rings. The zero-order valence-electron chi connectivity index (χ0n) is 5.55. The van der Waals surface area contributed by atoms with Crippen molar-refractivity contribution in [2.24, 2.45) is 0 Å². The van der Waals surface area contributed by atoms with Gasteiger partial charge in [-0.2, -0.15) is 0 Å². The predicted octanol–water partition coefficient (Wildman–Crippen LogP) is 2.24. The maximum atomic E-state index is 10.1. The first-order valence-electron chi connectivity index (χ1n) is 2.97. The minimum absolute atomic E-state index is 0.311. The molecular weight excluding hydrogens is 229 g/mol. The van der Waals surface area contributed by atoms with Crippen molar-refractivity contribution in [1.29, 1.82) is 0 Å². The van der Waals surface area contributed by atoms with Crippen molar-refractivity contribution in [3.8, 4) is 0 Å². The molecule has 0 bridgehead atoms. The number of carbonyl (C=O) groups excluding carboxylic acids is 1. The molecule has 2 nitrogen and oxygen atoms in total. The van der Waals surface area contributed by atoms with Gasteiger partial charge in [0.2, 0.25) is 0 Å². The highest BCUT2D eigenvalue weighted by Gasteiger charge is 2.00. The van der Waals surface area contributed by atoms with Gasteiger partial charge in [-0.1, -0.05) is 11.6 Å². The van der Waals surface area contributed by atoms with Gasteiger partial charge in [0.1, 0.15) is 11.4 Å². The van der Waals surface area contributed by atoms with Gasteiger partial charge in [-0.15, -0.1) is 0 Å². The number of hydrogen-bond donors (Lipinski definition) is 0. The monoisotopic (exact) mass is 233 g/mol. The van der Waals surface area contributed by atoms with Crippen molar-refractivity contribution < 1.29 is 4.79 Å². The van der Waals surface area contributed by atoms with E-state index in [1.54, 1.807) is 12.3 Å². The van der Waals surface area contributed by atoms with Gasteiger partial charge in [-0.3, -0.25) is 0 Å². The highest BCUT2D eigenvalue weighted by Crippen LogP contribution is 2.17. The molecule has 11 heavy (non-hydrogen) atoms. The molecule has 0 amide bonds. The van der Waals surface area contributed by atoms with E-state index >= 15 is 0 Å². The molecule has 0 unspecified atom stereocenters. The van der Waals surface area contributed by atoms with Crippen LogP contribution < -0.4 is 0 Å². The van der Waals surface area contributed by atoms with E-state index in [4.69, 9.17) is 11.6 Å². The van der Waals surface area contributed by atoms with Crippen molar-refractivity contribution in [1.82, 2.24) is 4.98 Å². The summed E-state index contributed by atoms with van der Waals surface area (Å²) in [6, 6.07) is 1.78. The summed E-state index contributed by atoms with van der Waals surface area (Å²) in [5.41, 5.74) is 0.746. The second-order valence-corrected chi connectivity index (χ2v) is 3.25. The van der Waals surface area contributed by atoms with E-state index in [9.17, 15) is 4.79 Å². The van der Waals surface area contributed by atoms with E-state index in [0.717, 1.165) is 16.3 Å². The van der Waals surface area contributed by atoms with E-state index in [1.165, 1.54) is 0 Å². The van der Waals surface area contributed by atoms with Crippen molar-refractivity contribution in [2.45, 2.75) is 6.42 Å². The van der Waals surface area contributed by atoms with Gasteiger partial charge in [0.25, 0.3) is 0 Å². The first-order chi connectivity index (χ1) is 5.24. The van der Waals surface area contributed by atoms with Gasteiger partial charge in [0.15, 0.2) is 0 Å². The molecule has 1 aromatic rings. The first-order valence-corrected chi connectivity index (χ1v) is 4.14. The summed E-state index contributed by atoms with van der Waals surface area (Å²) in [5.74, 6) is 0. The SMILES string of the molecule is O=CCc1cc(Br)cnc1Cl. The van der Waals surface area contributed by atoms with Gasteiger partial charge in [0, 0.05) is 17.1 Å². The Morgan fingerprint density at radius 3 is 3.09 bits per heavy atom. The van der Waals surface area contributed by atoms with Gasteiger partial charge in [-0.25, -0.2) is 4.98 Å². The van der Waals surface area contributed by atoms with Crippen LogP contribution in [0.15, 0.2) is 16.7 Å². The smallest absolute Gasteiger partial charge is 0.132 e. The number of nitrogens with zero attached hydrogens (tertiary/aromatic N) is 1. The Labute approximate surface area is 77.7 Å². The maximum absolute atomic E-state index is 10.1. The number of carbonyl (C=O) groups is 1. The molecule has 0 saturated heterocycles. The largest absolute Gasteiger partial charge is 0.303 e. The fraction of sp³-hybridized carbons (Fsp3) is 0.143. The molecule has 1 heterocycles. The van der Waals surface area contributed by atoms with Crippen LogP contribution in [0.3, 0.4) is 0 Å². The highest BCUT2D eigenvalue weighted by molar-refractivity contribution is 9.10. The lowest BCUT2D eigenvalue weighted by Crippen LogP contribution is -1.89. The molecule has 1 rings (SSSR count). The number of rotatable bonds is 2. The highest BCUT2D eigenvalue weighted by atomic mass is 79.9. The standard InChI is InChI=1S/C7H5BrClNO/c8-6-3-5(1-2-11)7(9)10-4-6/h2-4H,1H2. The summed E-state index contributed by atoms with van der Waals surface area (Å²) in [7, 11) is 0. The van der Waals surface area contributed by atoms with E-state index in [-0.39, 0.29) is 0 Å². The topological polar surface area (TPSA) is 30.0 Å². The predicted molar refractivity (Wildman–Crippen MR) is 46.7 cm³/mol. The summed E-state index contributed by atoms with van der Waals surface area (Å²) in [6.45, 7) is 0. The van der Waals surface area contributed by atoms with Crippen molar-refractivity contribution in [3.05, 3.63) is 27.5 Å². The molecule has 0 aromatic carbocycles. The lowest BCUT2D eigenvalue weighted by Gasteiger charge is -1.97. The van der Waals surface area contributed by atoms with Crippen LogP contribution in [0.2, 0.25) is 5.15 Å². The zero-order valence-corrected chi connectivity index (χ0v) is 7.89. The Balaban J connectivity index is 3.01. The molecule has 4 heteroatoms. The van der Waals surface area contributed by atoms with Gasteiger partial charge in [-0.05, 0) is 27.6 Å². The Kier molecular flexibility index (Phi) is 3.02. The first kappa shape index (κ1) is 8.68. The molecule has 58 valence electrons. The fourth-order valence-electron chi connectivity index (χ4n) is 0.697. The Morgan fingerprint density at radius 1 is 1.73 bits per heavy atom. The molecule has 0 aliphatic heterocycles. The number of aldehydes is 1. The average molecular weight is 234 g/mol. The Hall–Kier alpha value is -0.410. The number of hydrogen-bond acceptors (Lipinski definition) is 2. The number of aromatic nitrogens is 1. The quantitative estimate of drug-likeness (QED) is 0.580. The molecular formula is C7H5BrClNO. The van der Waals surface area contributed by atoms with Gasteiger partial charge in [0.05, 0.1) is 0 Å². The molecule has 1 aromatic heterocycles. The summed E-state index contributed by atoms with van der Waals surface area (Å²) < 4.78 is 0.832. The van der Waals surface area contributed by atoms with Gasteiger partial charge >= 0.3 is 0 Å². The summed E-state index contributed by atoms with van der Waals surface area (Å²) in [4.78, 5) is 14.0. The van der Waals surface area contributed by atoms with Crippen LogP contribution in [0, 0.1) is 0 Å². The summed E-state index contributed by atoms with van der Waals surface area (Å²) in [6.07, 6.45) is 2.71. The summed E-state index contributed by atoms with van der Waals surface area (Å²) >= 11 is 8.91. The Morgan fingerprint density at radius 2 is 2.45 bits per heavy atom. The minimum Gasteiger partial charge on any atom is -0.303 e. The van der Waals surface area contributed by atoms with Crippen LogP contribution in [0.4, 0.5) is 0 Å². The van der Waals surface area contributed by atoms with Crippen LogP contribution in [-0.4, -0.2) is 11.3 Å². The van der Waals surface area contributed by atoms with E-state index in [2.05, 4.69) is 20.9 Å². The van der Waals surface area contributed by atoms with Gasteiger partial charge < -0.3 is 4.79 Å². The van der Waals surface area contributed by atoms with Crippen LogP contribution >= 0.6 is 27.5 Å².